The third-order valence-corrected chi connectivity index (χ3v) is 5.66. The van der Waals surface area contributed by atoms with Crippen LogP contribution >= 0.6 is 11.6 Å². The maximum atomic E-state index is 13.0. The molecule has 2 saturated heterocycles. The number of likely N-dealkylation sites (tertiary alicyclic amines) is 2. The third kappa shape index (κ3) is 4.24. The van der Waals surface area contributed by atoms with E-state index in [0.29, 0.717) is 25.2 Å². The summed E-state index contributed by atoms with van der Waals surface area (Å²) in [7, 11) is 0. The topological polar surface area (TPSA) is 61.6 Å². The molecule has 2 heterocycles. The number of nitrogens with one attached hydrogen (secondary N) is 1. The van der Waals surface area contributed by atoms with E-state index in [2.05, 4.69) is 10.3 Å². The number of nitrogens with zero attached hydrogens (tertiary/aromatic N) is 2. The minimum Gasteiger partial charge on any atom is -0.324 e. The Kier molecular flexibility index (Phi) is 5.37. The molecule has 0 bridgehead atoms. The number of hydrazine groups is 1. The molecule has 2 aliphatic rings. The maximum absolute atomic E-state index is 13.0. The van der Waals surface area contributed by atoms with Crippen LogP contribution in [0.5, 0.6) is 0 Å². The predicted octanol–water partition coefficient (Wildman–Crippen LogP) is 3.23. The first kappa shape index (κ1) is 19.3. The van der Waals surface area contributed by atoms with Gasteiger partial charge in [0.15, 0.2) is 0 Å². The fourth-order valence-corrected chi connectivity index (χ4v) is 4.27. The zero-order chi connectivity index (χ0) is 18.9. The van der Waals surface area contributed by atoms with Gasteiger partial charge < -0.3 is 4.90 Å². The number of carbonyl (C=O) groups is 1. The van der Waals surface area contributed by atoms with Crippen molar-refractivity contribution in [2.45, 2.75) is 32.0 Å². The molecule has 5 nitrogen and oxygen atoms in total. The van der Waals surface area contributed by atoms with Gasteiger partial charge in [0.25, 0.3) is 0 Å². The lowest BCUT2D eigenvalue weighted by Crippen LogP contribution is -2.49. The largest absolute Gasteiger partial charge is 0.416 e. The molecule has 2 amide bonds. The highest BCUT2D eigenvalue weighted by Gasteiger charge is 2.41. The third-order valence-electron chi connectivity index (χ3n) is 5.44. The molecule has 2 aliphatic heterocycles. The SMILES string of the molecule is NNC(=O)N1CCC2(CCN(Cc3cc(Cl)cc(C(F)(F)F)c3)C2)CC1. The zero-order valence-electron chi connectivity index (χ0n) is 14.3. The van der Waals surface area contributed by atoms with Crippen LogP contribution in [0.15, 0.2) is 18.2 Å². The van der Waals surface area contributed by atoms with Gasteiger partial charge in [-0.15, -0.1) is 0 Å². The Bertz CT molecular complexity index is 674. The van der Waals surface area contributed by atoms with E-state index in [0.717, 1.165) is 38.4 Å². The monoisotopic (exact) mass is 390 g/mol. The van der Waals surface area contributed by atoms with Gasteiger partial charge in [-0.25, -0.2) is 10.6 Å². The molecule has 0 saturated carbocycles. The average molecular weight is 391 g/mol. The van der Waals surface area contributed by atoms with E-state index in [-0.39, 0.29) is 16.5 Å². The summed E-state index contributed by atoms with van der Waals surface area (Å²) in [5, 5.41) is 0.102. The first-order valence-electron chi connectivity index (χ1n) is 8.55. The number of hydrogen-bond donors (Lipinski definition) is 2. The number of benzene rings is 1. The lowest BCUT2D eigenvalue weighted by Gasteiger charge is -2.39. The number of carbonyl (C=O) groups excluding carboxylic acids is 1. The van der Waals surface area contributed by atoms with Gasteiger partial charge in [0.05, 0.1) is 5.56 Å². The summed E-state index contributed by atoms with van der Waals surface area (Å²) in [5.74, 6) is 5.17. The summed E-state index contributed by atoms with van der Waals surface area (Å²) in [6, 6.07) is 3.45. The van der Waals surface area contributed by atoms with E-state index in [4.69, 9.17) is 17.4 Å². The second-order valence-electron chi connectivity index (χ2n) is 7.24. The van der Waals surface area contributed by atoms with Gasteiger partial charge in [-0.1, -0.05) is 11.6 Å². The number of alkyl halides is 3. The van der Waals surface area contributed by atoms with Gasteiger partial charge in [-0.3, -0.25) is 10.3 Å². The van der Waals surface area contributed by atoms with Gasteiger partial charge in [-0.2, -0.15) is 13.2 Å². The Labute approximate surface area is 155 Å². The average Bonchev–Trinajstić information content (AvgIpc) is 2.96. The van der Waals surface area contributed by atoms with Crippen molar-refractivity contribution < 1.29 is 18.0 Å². The number of hydrogen-bond acceptors (Lipinski definition) is 3. The molecule has 2 fully saturated rings. The van der Waals surface area contributed by atoms with Gasteiger partial charge in [0.2, 0.25) is 0 Å². The zero-order valence-corrected chi connectivity index (χ0v) is 15.0. The summed E-state index contributed by atoms with van der Waals surface area (Å²) < 4.78 is 38.9. The van der Waals surface area contributed by atoms with Gasteiger partial charge in [0.1, 0.15) is 0 Å². The predicted molar refractivity (Wildman–Crippen MR) is 92.3 cm³/mol. The highest BCUT2D eigenvalue weighted by molar-refractivity contribution is 6.30. The molecule has 26 heavy (non-hydrogen) atoms. The van der Waals surface area contributed by atoms with Crippen LogP contribution in [0.3, 0.4) is 0 Å². The van der Waals surface area contributed by atoms with Crippen molar-refractivity contribution in [1.82, 2.24) is 15.2 Å². The van der Waals surface area contributed by atoms with Crippen LogP contribution in [0.4, 0.5) is 18.0 Å². The van der Waals surface area contributed by atoms with Gasteiger partial charge in [0, 0.05) is 31.2 Å². The molecule has 1 spiro atoms. The fraction of sp³-hybridized carbons (Fsp3) is 0.588. The van der Waals surface area contributed by atoms with Crippen molar-refractivity contribution in [3.63, 3.8) is 0 Å². The van der Waals surface area contributed by atoms with Crippen molar-refractivity contribution in [3.8, 4) is 0 Å². The second kappa shape index (κ2) is 7.25. The van der Waals surface area contributed by atoms with Crippen LogP contribution in [0.1, 0.15) is 30.4 Å². The molecule has 0 unspecified atom stereocenters. The minimum atomic E-state index is -4.40. The van der Waals surface area contributed by atoms with Crippen molar-refractivity contribution in [2.24, 2.45) is 11.3 Å². The number of rotatable bonds is 2. The Morgan fingerprint density at radius 2 is 1.85 bits per heavy atom. The molecule has 3 rings (SSSR count). The number of urea groups is 1. The molecule has 144 valence electrons. The molecule has 0 aliphatic carbocycles. The van der Waals surface area contributed by atoms with E-state index in [1.807, 2.05) is 0 Å². The summed E-state index contributed by atoms with van der Waals surface area (Å²) in [5.41, 5.74) is 2.13. The minimum absolute atomic E-state index is 0.102. The molecule has 0 atom stereocenters. The Morgan fingerprint density at radius 1 is 1.19 bits per heavy atom. The molecule has 1 aromatic carbocycles. The summed E-state index contributed by atoms with van der Waals surface area (Å²) >= 11 is 5.87. The second-order valence-corrected chi connectivity index (χ2v) is 7.68. The van der Waals surface area contributed by atoms with Gasteiger partial charge in [-0.05, 0) is 55.0 Å². The molecular weight excluding hydrogens is 369 g/mol. The van der Waals surface area contributed by atoms with Crippen LogP contribution in [0.25, 0.3) is 0 Å². The summed E-state index contributed by atoms with van der Waals surface area (Å²) in [4.78, 5) is 15.5. The lowest BCUT2D eigenvalue weighted by atomic mass is 9.78. The number of amides is 2. The Morgan fingerprint density at radius 3 is 2.46 bits per heavy atom. The quantitative estimate of drug-likeness (QED) is 0.463. The summed E-state index contributed by atoms with van der Waals surface area (Å²) in [6.45, 7) is 3.38. The number of halogens is 4. The maximum Gasteiger partial charge on any atom is 0.416 e. The highest BCUT2D eigenvalue weighted by Crippen LogP contribution is 2.41. The van der Waals surface area contributed by atoms with Crippen LogP contribution < -0.4 is 11.3 Å². The van der Waals surface area contributed by atoms with Crippen molar-refractivity contribution in [2.75, 3.05) is 26.2 Å². The van der Waals surface area contributed by atoms with E-state index in [1.165, 1.54) is 6.07 Å². The van der Waals surface area contributed by atoms with E-state index in [9.17, 15) is 18.0 Å². The van der Waals surface area contributed by atoms with Crippen molar-refractivity contribution in [3.05, 3.63) is 34.3 Å². The van der Waals surface area contributed by atoms with Crippen LogP contribution in [0, 0.1) is 5.41 Å². The Hall–Kier alpha value is -1.51. The molecule has 3 N–H and O–H groups in total. The van der Waals surface area contributed by atoms with Gasteiger partial charge >= 0.3 is 12.2 Å². The summed E-state index contributed by atoms with van der Waals surface area (Å²) in [6.07, 6.45) is -1.67. The lowest BCUT2D eigenvalue weighted by molar-refractivity contribution is -0.137. The number of nitrogens with two attached hydrogens (primary N) is 1. The molecule has 9 heteroatoms. The molecular formula is C17H22ClF3N4O. The Balaban J connectivity index is 1.62. The molecule has 0 radical (unpaired) electrons. The van der Waals surface area contributed by atoms with E-state index in [1.54, 1.807) is 11.0 Å². The van der Waals surface area contributed by atoms with Crippen LogP contribution in [-0.2, 0) is 12.7 Å². The molecule has 0 aromatic heterocycles. The van der Waals surface area contributed by atoms with Crippen LogP contribution in [0.2, 0.25) is 5.02 Å². The van der Waals surface area contributed by atoms with Crippen molar-refractivity contribution >= 4 is 17.6 Å². The van der Waals surface area contributed by atoms with Crippen molar-refractivity contribution in [1.29, 1.82) is 0 Å². The standard InChI is InChI=1S/C17H22ClF3N4O/c18-14-8-12(7-13(9-14)17(19,20)21)10-24-4-1-16(11-24)2-5-25(6-3-16)15(26)23-22/h7-9H,1-6,10-11,22H2,(H,23,26). The molecule has 1 aromatic rings. The number of piperidine rings is 1. The highest BCUT2D eigenvalue weighted by atomic mass is 35.5. The first-order valence-corrected chi connectivity index (χ1v) is 8.93. The van der Waals surface area contributed by atoms with Crippen LogP contribution in [-0.4, -0.2) is 42.0 Å². The van der Waals surface area contributed by atoms with E-state index < -0.39 is 11.7 Å². The van der Waals surface area contributed by atoms with E-state index >= 15 is 0 Å². The first-order chi connectivity index (χ1) is 12.2. The smallest absolute Gasteiger partial charge is 0.324 e. The normalized spacial score (nSPS) is 20.6. The fourth-order valence-electron chi connectivity index (χ4n) is 4.01.